The normalized spacial score (nSPS) is 13.3. The number of alkyl halides is 1. The van der Waals surface area contributed by atoms with Gasteiger partial charge in [0.15, 0.2) is 0 Å². The van der Waals surface area contributed by atoms with Crippen molar-refractivity contribution in [2.45, 2.75) is 17.9 Å². The molecule has 0 radical (unpaired) electrons. The Morgan fingerprint density at radius 1 is 1.44 bits per heavy atom. The largest absolute Gasteiger partial charge is 0.390 e. The van der Waals surface area contributed by atoms with Crippen LogP contribution in [0, 0.1) is 6.92 Å². The van der Waals surface area contributed by atoms with Crippen molar-refractivity contribution in [3.8, 4) is 0 Å². The van der Waals surface area contributed by atoms with Crippen LogP contribution in [0.4, 0.5) is 5.69 Å². The first-order valence-electron chi connectivity index (χ1n) is 5.43. The van der Waals surface area contributed by atoms with Crippen LogP contribution >= 0.6 is 11.6 Å². The third kappa shape index (κ3) is 3.84. The van der Waals surface area contributed by atoms with Gasteiger partial charge in [-0.15, -0.1) is 11.6 Å². The Kier molecular flexibility index (Phi) is 5.40. The summed E-state index contributed by atoms with van der Waals surface area (Å²) in [4.78, 5) is 0.218. The molecule has 18 heavy (non-hydrogen) atoms. The second-order valence-corrected chi connectivity index (χ2v) is 6.04. The molecule has 0 bridgehead atoms. The number of anilines is 1. The predicted molar refractivity (Wildman–Crippen MR) is 72.6 cm³/mol. The fourth-order valence-electron chi connectivity index (χ4n) is 1.40. The summed E-state index contributed by atoms with van der Waals surface area (Å²) in [7, 11) is -2.11. The van der Waals surface area contributed by atoms with Crippen LogP contribution in [0.3, 0.4) is 0 Å². The van der Waals surface area contributed by atoms with Gasteiger partial charge in [0.25, 0.3) is 0 Å². The zero-order chi connectivity index (χ0) is 13.8. The Hall–Kier alpha value is -0.820. The van der Waals surface area contributed by atoms with Crippen LogP contribution < -0.4 is 10.0 Å². The number of hydrogen-bond donors (Lipinski definition) is 3. The number of aliphatic hydroxyl groups is 1. The number of aryl methyl sites for hydroxylation is 1. The second kappa shape index (κ2) is 6.38. The van der Waals surface area contributed by atoms with Crippen molar-refractivity contribution >= 4 is 27.3 Å². The molecule has 0 aliphatic carbocycles. The van der Waals surface area contributed by atoms with E-state index in [-0.39, 0.29) is 17.3 Å². The number of nitrogens with one attached hydrogen (secondary N) is 2. The molecule has 1 aromatic rings. The van der Waals surface area contributed by atoms with Crippen molar-refractivity contribution in [1.82, 2.24) is 4.72 Å². The average molecular weight is 293 g/mol. The van der Waals surface area contributed by atoms with Crippen molar-refractivity contribution in [3.63, 3.8) is 0 Å². The minimum Gasteiger partial charge on any atom is -0.390 e. The highest BCUT2D eigenvalue weighted by Gasteiger charge is 2.15. The Morgan fingerprint density at radius 2 is 2.11 bits per heavy atom. The van der Waals surface area contributed by atoms with Crippen LogP contribution in [-0.2, 0) is 10.0 Å². The minimum atomic E-state index is -3.47. The van der Waals surface area contributed by atoms with Gasteiger partial charge >= 0.3 is 0 Å². The molecule has 0 aromatic heterocycles. The van der Waals surface area contributed by atoms with E-state index < -0.39 is 16.1 Å². The molecule has 1 unspecified atom stereocenters. The summed E-state index contributed by atoms with van der Waals surface area (Å²) in [5.74, 6) is 0.126. The van der Waals surface area contributed by atoms with Crippen LogP contribution in [0.25, 0.3) is 0 Å². The average Bonchev–Trinajstić information content (AvgIpc) is 2.37. The Labute approximate surface area is 112 Å². The van der Waals surface area contributed by atoms with Gasteiger partial charge in [0.1, 0.15) is 0 Å². The van der Waals surface area contributed by atoms with Crippen molar-refractivity contribution in [1.29, 1.82) is 0 Å². The Morgan fingerprint density at radius 3 is 2.67 bits per heavy atom. The van der Waals surface area contributed by atoms with E-state index in [2.05, 4.69) is 10.0 Å². The highest BCUT2D eigenvalue weighted by atomic mass is 35.5. The second-order valence-electron chi connectivity index (χ2n) is 3.88. The summed E-state index contributed by atoms with van der Waals surface area (Å²) in [6.07, 6.45) is -0.669. The summed E-state index contributed by atoms with van der Waals surface area (Å²) >= 11 is 5.47. The van der Waals surface area contributed by atoms with Crippen LogP contribution in [0.15, 0.2) is 23.1 Å². The first-order valence-corrected chi connectivity index (χ1v) is 7.44. The maximum Gasteiger partial charge on any atom is 0.240 e. The van der Waals surface area contributed by atoms with Crippen molar-refractivity contribution in [2.75, 3.05) is 24.8 Å². The fourth-order valence-corrected chi connectivity index (χ4v) is 2.50. The number of sulfonamides is 1. The SMILES string of the molecule is CNS(=O)(=O)c1cc(NCC(O)CCl)ccc1C. The summed E-state index contributed by atoms with van der Waals surface area (Å²) in [5, 5.41) is 12.3. The minimum absolute atomic E-state index is 0.126. The number of halogens is 1. The third-order valence-corrected chi connectivity index (χ3v) is 4.38. The van der Waals surface area contributed by atoms with Crippen LogP contribution in [0.1, 0.15) is 5.56 Å². The van der Waals surface area contributed by atoms with Gasteiger partial charge in [-0.1, -0.05) is 6.07 Å². The van der Waals surface area contributed by atoms with Crippen LogP contribution in [-0.4, -0.2) is 39.1 Å². The van der Waals surface area contributed by atoms with E-state index in [4.69, 9.17) is 11.6 Å². The Balaban J connectivity index is 2.95. The van der Waals surface area contributed by atoms with E-state index in [1.165, 1.54) is 13.1 Å². The third-order valence-electron chi connectivity index (χ3n) is 2.47. The van der Waals surface area contributed by atoms with Gasteiger partial charge in [0, 0.05) is 12.2 Å². The fraction of sp³-hybridized carbons (Fsp3) is 0.455. The van der Waals surface area contributed by atoms with E-state index in [1.807, 2.05) is 0 Å². The van der Waals surface area contributed by atoms with Gasteiger partial charge in [-0.25, -0.2) is 13.1 Å². The van der Waals surface area contributed by atoms with Crippen molar-refractivity contribution < 1.29 is 13.5 Å². The lowest BCUT2D eigenvalue weighted by Crippen LogP contribution is -2.22. The molecule has 0 heterocycles. The summed E-state index contributed by atoms with van der Waals surface area (Å²) in [6.45, 7) is 1.99. The maximum atomic E-state index is 11.8. The monoisotopic (exact) mass is 292 g/mol. The van der Waals surface area contributed by atoms with Gasteiger partial charge in [-0.3, -0.25) is 0 Å². The lowest BCUT2D eigenvalue weighted by atomic mass is 10.2. The lowest BCUT2D eigenvalue weighted by Gasteiger charge is -2.12. The molecule has 3 N–H and O–H groups in total. The highest BCUT2D eigenvalue weighted by Crippen LogP contribution is 2.19. The first kappa shape index (κ1) is 15.2. The molecule has 0 saturated heterocycles. The molecule has 0 fully saturated rings. The van der Waals surface area contributed by atoms with E-state index >= 15 is 0 Å². The number of benzene rings is 1. The molecule has 102 valence electrons. The molecule has 7 heteroatoms. The van der Waals surface area contributed by atoms with Crippen LogP contribution in [0.2, 0.25) is 0 Å². The van der Waals surface area contributed by atoms with Gasteiger partial charge in [0.05, 0.1) is 16.9 Å². The number of aliphatic hydroxyl groups excluding tert-OH is 1. The van der Waals surface area contributed by atoms with Gasteiger partial charge in [-0.05, 0) is 31.7 Å². The smallest absolute Gasteiger partial charge is 0.240 e. The number of rotatable bonds is 6. The maximum absolute atomic E-state index is 11.8. The first-order chi connectivity index (χ1) is 8.40. The molecule has 5 nitrogen and oxygen atoms in total. The molecule has 0 spiro atoms. The molecule has 1 atom stereocenters. The number of hydrogen-bond acceptors (Lipinski definition) is 4. The summed E-state index contributed by atoms with van der Waals surface area (Å²) in [5.41, 5.74) is 1.28. The molecule has 0 saturated carbocycles. The Bertz CT molecular complexity index is 505. The predicted octanol–water partition coefficient (Wildman–Crippen LogP) is 0.915. The van der Waals surface area contributed by atoms with Gasteiger partial charge < -0.3 is 10.4 Å². The molecule has 0 aliphatic heterocycles. The zero-order valence-corrected chi connectivity index (χ0v) is 11.8. The highest BCUT2D eigenvalue weighted by molar-refractivity contribution is 7.89. The summed E-state index contributed by atoms with van der Waals surface area (Å²) in [6, 6.07) is 4.99. The van der Waals surface area contributed by atoms with Gasteiger partial charge in [-0.2, -0.15) is 0 Å². The van der Waals surface area contributed by atoms with E-state index in [0.717, 1.165) is 0 Å². The van der Waals surface area contributed by atoms with Crippen molar-refractivity contribution in [2.24, 2.45) is 0 Å². The zero-order valence-electron chi connectivity index (χ0n) is 10.3. The van der Waals surface area contributed by atoms with E-state index in [9.17, 15) is 13.5 Å². The van der Waals surface area contributed by atoms with Crippen molar-refractivity contribution in [3.05, 3.63) is 23.8 Å². The molecule has 1 aromatic carbocycles. The van der Waals surface area contributed by atoms with Gasteiger partial charge in [0.2, 0.25) is 10.0 Å². The summed E-state index contributed by atoms with van der Waals surface area (Å²) < 4.78 is 25.8. The topological polar surface area (TPSA) is 78.4 Å². The molecular formula is C11H17ClN2O3S. The lowest BCUT2D eigenvalue weighted by molar-refractivity contribution is 0.211. The van der Waals surface area contributed by atoms with Crippen LogP contribution in [0.5, 0.6) is 0 Å². The van der Waals surface area contributed by atoms with E-state index in [0.29, 0.717) is 11.3 Å². The molecule has 1 rings (SSSR count). The standard InChI is InChI=1S/C11H17ClN2O3S/c1-8-3-4-9(14-7-10(15)6-12)5-11(8)18(16,17)13-2/h3-5,10,13-15H,6-7H2,1-2H3. The molecule has 0 amide bonds. The molecule has 0 aliphatic rings. The molecular weight excluding hydrogens is 276 g/mol. The quantitative estimate of drug-likeness (QED) is 0.681. The van der Waals surface area contributed by atoms with E-state index in [1.54, 1.807) is 19.1 Å².